The molecule has 7 nitrogen and oxygen atoms in total. The van der Waals surface area contributed by atoms with Crippen LogP contribution in [0.1, 0.15) is 6.42 Å². The number of likely N-dealkylation sites (tertiary alicyclic amines) is 1. The molecular formula is C12H25N5O2. The zero-order valence-electron chi connectivity index (χ0n) is 12.0. The van der Waals surface area contributed by atoms with Gasteiger partial charge in [-0.1, -0.05) is 0 Å². The molecule has 110 valence electrons. The van der Waals surface area contributed by atoms with Crippen LogP contribution in [0.25, 0.3) is 0 Å². The van der Waals surface area contributed by atoms with Crippen molar-refractivity contribution >= 4 is 0 Å². The SMILES string of the molecule is CN1CC(C2CO2)C(CO)CC1N1CN(C)N(C)N1. The minimum absolute atomic E-state index is 0.258. The van der Waals surface area contributed by atoms with E-state index in [1.807, 2.05) is 12.2 Å². The van der Waals surface area contributed by atoms with E-state index >= 15 is 0 Å². The van der Waals surface area contributed by atoms with E-state index in [4.69, 9.17) is 4.74 Å². The van der Waals surface area contributed by atoms with Gasteiger partial charge in [0.05, 0.1) is 25.5 Å². The Morgan fingerprint density at radius 2 is 2.05 bits per heavy atom. The molecule has 7 heteroatoms. The topological polar surface area (TPSA) is 57.8 Å². The van der Waals surface area contributed by atoms with Crippen molar-refractivity contribution in [1.82, 2.24) is 25.6 Å². The van der Waals surface area contributed by atoms with Crippen LogP contribution >= 0.6 is 0 Å². The van der Waals surface area contributed by atoms with Crippen molar-refractivity contribution in [3.05, 3.63) is 0 Å². The fraction of sp³-hybridized carbons (Fsp3) is 1.00. The summed E-state index contributed by atoms with van der Waals surface area (Å²) < 4.78 is 5.44. The number of nitrogens with zero attached hydrogens (tertiary/aromatic N) is 4. The maximum atomic E-state index is 9.66. The predicted molar refractivity (Wildman–Crippen MR) is 70.2 cm³/mol. The van der Waals surface area contributed by atoms with Gasteiger partial charge in [0.15, 0.2) is 0 Å². The van der Waals surface area contributed by atoms with Crippen LogP contribution in [0, 0.1) is 11.8 Å². The Bertz CT molecular complexity index is 317. The third kappa shape index (κ3) is 2.64. The number of nitrogens with one attached hydrogen (secondary N) is 1. The molecule has 4 unspecified atom stereocenters. The van der Waals surface area contributed by atoms with E-state index < -0.39 is 0 Å². The van der Waals surface area contributed by atoms with Gasteiger partial charge in [0, 0.05) is 33.2 Å². The minimum atomic E-state index is 0.258. The van der Waals surface area contributed by atoms with Gasteiger partial charge in [0.1, 0.15) is 0 Å². The molecule has 0 spiro atoms. The second kappa shape index (κ2) is 5.25. The van der Waals surface area contributed by atoms with Crippen LogP contribution < -0.4 is 5.53 Å². The monoisotopic (exact) mass is 271 g/mol. The van der Waals surface area contributed by atoms with Crippen molar-refractivity contribution in [3.63, 3.8) is 0 Å². The molecule has 0 aromatic heterocycles. The molecule has 3 fully saturated rings. The van der Waals surface area contributed by atoms with E-state index in [0.717, 1.165) is 26.2 Å². The highest BCUT2D eigenvalue weighted by Crippen LogP contribution is 2.36. The van der Waals surface area contributed by atoms with Crippen LogP contribution in [-0.4, -0.2) is 85.0 Å². The molecule has 4 atom stereocenters. The highest BCUT2D eigenvalue weighted by molar-refractivity contribution is 4.92. The van der Waals surface area contributed by atoms with Gasteiger partial charge < -0.3 is 9.84 Å². The van der Waals surface area contributed by atoms with Crippen LogP contribution in [0.15, 0.2) is 0 Å². The fourth-order valence-electron chi connectivity index (χ4n) is 3.30. The van der Waals surface area contributed by atoms with E-state index in [-0.39, 0.29) is 6.61 Å². The molecule has 0 aromatic rings. The van der Waals surface area contributed by atoms with Gasteiger partial charge in [-0.2, -0.15) is 15.7 Å². The lowest BCUT2D eigenvalue weighted by atomic mass is 9.82. The summed E-state index contributed by atoms with van der Waals surface area (Å²) in [4.78, 5) is 2.37. The standard InChI is InChI=1S/C12H25N5O2/c1-14-5-10(11-7-19-11)9(6-18)4-12(14)17-8-15(2)16(3)13-17/h9-13,18H,4-8H2,1-3H3. The molecule has 0 amide bonds. The summed E-state index contributed by atoms with van der Waals surface area (Å²) >= 11 is 0. The number of hydrogen-bond donors (Lipinski definition) is 2. The van der Waals surface area contributed by atoms with Crippen LogP contribution in [0.4, 0.5) is 0 Å². The Morgan fingerprint density at radius 3 is 2.58 bits per heavy atom. The van der Waals surface area contributed by atoms with Gasteiger partial charge in [-0.3, -0.25) is 4.90 Å². The Labute approximate surface area is 114 Å². The molecule has 3 rings (SSSR count). The van der Waals surface area contributed by atoms with E-state index in [2.05, 4.69) is 34.5 Å². The number of aliphatic hydroxyl groups is 1. The minimum Gasteiger partial charge on any atom is -0.396 e. The first-order valence-electron chi connectivity index (χ1n) is 7.00. The maximum Gasteiger partial charge on any atom is 0.0853 e. The van der Waals surface area contributed by atoms with Gasteiger partial charge in [0.25, 0.3) is 0 Å². The van der Waals surface area contributed by atoms with Gasteiger partial charge in [-0.25, -0.2) is 5.01 Å². The largest absolute Gasteiger partial charge is 0.396 e. The molecule has 3 aliphatic rings. The summed E-state index contributed by atoms with van der Waals surface area (Å²) in [5, 5.41) is 16.0. The summed E-state index contributed by atoms with van der Waals surface area (Å²) in [6.45, 7) is 2.97. The van der Waals surface area contributed by atoms with Gasteiger partial charge in [0.2, 0.25) is 0 Å². The van der Waals surface area contributed by atoms with Gasteiger partial charge >= 0.3 is 0 Å². The lowest BCUT2D eigenvalue weighted by molar-refractivity contribution is -0.0614. The quantitative estimate of drug-likeness (QED) is 0.622. The van der Waals surface area contributed by atoms with Crippen molar-refractivity contribution in [1.29, 1.82) is 0 Å². The summed E-state index contributed by atoms with van der Waals surface area (Å²) in [7, 11) is 6.22. The summed E-state index contributed by atoms with van der Waals surface area (Å²) in [5.41, 5.74) is 3.35. The average Bonchev–Trinajstić information content (AvgIpc) is 3.17. The Hall–Kier alpha value is -0.280. The molecule has 3 saturated heterocycles. The molecule has 0 bridgehead atoms. The highest BCUT2D eigenvalue weighted by atomic mass is 16.6. The lowest BCUT2D eigenvalue weighted by Crippen LogP contribution is -2.58. The first-order valence-corrected chi connectivity index (χ1v) is 7.00. The first kappa shape index (κ1) is 13.7. The van der Waals surface area contributed by atoms with E-state index in [1.54, 1.807) is 0 Å². The second-order valence-electron chi connectivity index (χ2n) is 6.03. The number of rotatable bonds is 3. The van der Waals surface area contributed by atoms with Gasteiger partial charge in [-0.15, -0.1) is 0 Å². The zero-order chi connectivity index (χ0) is 13.6. The first-order chi connectivity index (χ1) is 9.10. The summed E-state index contributed by atoms with van der Waals surface area (Å²) in [5.74, 6) is 0.816. The molecule has 3 aliphatic heterocycles. The molecule has 0 radical (unpaired) electrons. The maximum absolute atomic E-state index is 9.66. The fourth-order valence-corrected chi connectivity index (χ4v) is 3.30. The highest BCUT2D eigenvalue weighted by Gasteiger charge is 2.45. The van der Waals surface area contributed by atoms with E-state index in [1.165, 1.54) is 0 Å². The molecule has 19 heavy (non-hydrogen) atoms. The Kier molecular flexibility index (Phi) is 3.78. The summed E-state index contributed by atoms with van der Waals surface area (Å²) in [6.07, 6.45) is 1.67. The van der Waals surface area contributed by atoms with Crippen molar-refractivity contribution in [3.8, 4) is 0 Å². The normalized spacial score (nSPS) is 42.9. The van der Waals surface area contributed by atoms with Crippen LogP contribution in [0.5, 0.6) is 0 Å². The second-order valence-corrected chi connectivity index (χ2v) is 6.03. The summed E-state index contributed by atoms with van der Waals surface area (Å²) in [6, 6.07) is 0. The number of hydrogen-bond acceptors (Lipinski definition) is 7. The van der Waals surface area contributed by atoms with Crippen LogP contribution in [0.3, 0.4) is 0 Å². The lowest BCUT2D eigenvalue weighted by Gasteiger charge is -2.44. The number of aliphatic hydroxyl groups excluding tert-OH is 1. The molecule has 0 aromatic carbocycles. The molecule has 3 heterocycles. The van der Waals surface area contributed by atoms with Crippen molar-refractivity contribution in [2.45, 2.75) is 18.7 Å². The van der Waals surface area contributed by atoms with Crippen molar-refractivity contribution in [2.24, 2.45) is 11.8 Å². The molecule has 0 aliphatic carbocycles. The Balaban J connectivity index is 1.66. The van der Waals surface area contributed by atoms with E-state index in [9.17, 15) is 5.11 Å². The van der Waals surface area contributed by atoms with Crippen molar-refractivity contribution in [2.75, 3.05) is 47.6 Å². The molecule has 2 N–H and O–H groups in total. The van der Waals surface area contributed by atoms with Crippen LogP contribution in [0.2, 0.25) is 0 Å². The number of epoxide rings is 1. The number of piperidine rings is 1. The predicted octanol–water partition coefficient (Wildman–Crippen LogP) is -1.26. The van der Waals surface area contributed by atoms with Crippen molar-refractivity contribution < 1.29 is 9.84 Å². The molecule has 0 saturated carbocycles. The number of ether oxygens (including phenoxy) is 1. The Morgan fingerprint density at radius 1 is 1.32 bits per heavy atom. The van der Waals surface area contributed by atoms with Crippen LogP contribution in [-0.2, 0) is 4.74 Å². The van der Waals surface area contributed by atoms with E-state index in [0.29, 0.717) is 24.1 Å². The smallest absolute Gasteiger partial charge is 0.0853 e. The number of hydrazine groups is 3. The third-order valence-electron chi connectivity index (χ3n) is 4.70. The third-order valence-corrected chi connectivity index (χ3v) is 4.70. The zero-order valence-corrected chi connectivity index (χ0v) is 12.0. The molecular weight excluding hydrogens is 246 g/mol. The van der Waals surface area contributed by atoms with Gasteiger partial charge in [-0.05, 0) is 19.4 Å². The average molecular weight is 271 g/mol.